The van der Waals surface area contributed by atoms with Gasteiger partial charge in [0.15, 0.2) is 0 Å². The summed E-state index contributed by atoms with van der Waals surface area (Å²) < 4.78 is 0.726. The molecule has 0 bridgehead atoms. The average molecular weight is 163 g/mol. The van der Waals surface area contributed by atoms with Crippen molar-refractivity contribution in [3.05, 3.63) is 24.3 Å². The molecule has 0 amide bonds. The fourth-order valence-corrected chi connectivity index (χ4v) is 0.972. The zero-order chi connectivity index (χ0) is 9.19. The Morgan fingerprint density at radius 2 is 1.92 bits per heavy atom. The van der Waals surface area contributed by atoms with Crippen molar-refractivity contribution < 1.29 is 0 Å². The molecule has 0 aliphatic heterocycles. The van der Waals surface area contributed by atoms with Crippen molar-refractivity contribution in [2.75, 3.05) is 21.1 Å². The molecule has 0 saturated carbocycles. The Morgan fingerprint density at radius 1 is 1.25 bits per heavy atom. The summed E-state index contributed by atoms with van der Waals surface area (Å²) in [7, 11) is 6.20. The highest BCUT2D eigenvalue weighted by Gasteiger charge is 2.11. The molecule has 1 aromatic rings. The Morgan fingerprint density at radius 3 is 2.42 bits per heavy atom. The van der Waals surface area contributed by atoms with Gasteiger partial charge in [-0.25, -0.2) is 0 Å². The first-order valence-electron chi connectivity index (χ1n) is 3.81. The second-order valence-corrected chi connectivity index (χ2v) is 3.63. The Bertz CT molecular complexity index is 286. The summed E-state index contributed by atoms with van der Waals surface area (Å²) in [6.45, 7) is 0. The zero-order valence-electron chi connectivity index (χ0n) is 7.65. The minimum atomic E-state index is 0.598. The molecule has 1 rings (SSSR count). The number of benzene rings is 1. The van der Waals surface area contributed by atoms with Crippen LogP contribution in [0.25, 0.3) is 0 Å². The van der Waals surface area contributed by atoms with Crippen molar-refractivity contribution in [1.82, 2.24) is 10.0 Å². The topological polar surface area (TPSA) is 34.7 Å². The van der Waals surface area contributed by atoms with Crippen molar-refractivity contribution >= 4 is 11.4 Å². The van der Waals surface area contributed by atoms with Gasteiger partial charge in [-0.15, -0.1) is 5.11 Å². The first kappa shape index (κ1) is 8.87. The van der Waals surface area contributed by atoms with E-state index >= 15 is 0 Å². The Balaban J connectivity index is 3.10. The van der Waals surface area contributed by atoms with Gasteiger partial charge < -0.3 is 0 Å². The highest BCUT2D eigenvalue weighted by atomic mass is 15.3. The van der Waals surface area contributed by atoms with Crippen LogP contribution >= 0.6 is 0 Å². The molecule has 12 heavy (non-hydrogen) atoms. The molecule has 0 heterocycles. The molecule has 0 unspecified atom stereocenters. The first-order valence-corrected chi connectivity index (χ1v) is 3.81. The molecule has 0 spiro atoms. The lowest BCUT2D eigenvalue weighted by molar-refractivity contribution is 0.486. The number of nitrogens with zero attached hydrogens (tertiary/aromatic N) is 3. The summed E-state index contributed by atoms with van der Waals surface area (Å²) in [5, 5.41) is 3.13. The van der Waals surface area contributed by atoms with Gasteiger partial charge in [-0.3, -0.25) is 4.48 Å². The molecule has 3 nitrogen and oxygen atoms in total. The van der Waals surface area contributed by atoms with Crippen LogP contribution in [0.1, 0.15) is 0 Å². The standard InChI is InChI=1S/C9H13N3/c1-12(2,3)9-6-4-5-8(7-9)11-10/h4-7H,1-3H3/q+1. The predicted octanol–water partition coefficient (Wildman–Crippen LogP) is 1.77. The largest absolute Gasteiger partial charge is 0.298 e. The molecule has 3 heteroatoms. The van der Waals surface area contributed by atoms with E-state index in [0.717, 1.165) is 10.2 Å². The van der Waals surface area contributed by atoms with Crippen LogP contribution in [0.2, 0.25) is 0 Å². The molecule has 0 atom stereocenters. The molecule has 63 valence electrons. The van der Waals surface area contributed by atoms with E-state index in [1.165, 1.54) is 0 Å². The van der Waals surface area contributed by atoms with Crippen LogP contribution in [0.3, 0.4) is 0 Å². The lowest BCUT2D eigenvalue weighted by atomic mass is 10.2. The van der Waals surface area contributed by atoms with Gasteiger partial charge in [0.05, 0.1) is 26.8 Å². The summed E-state index contributed by atoms with van der Waals surface area (Å²) in [6, 6.07) is 7.52. The summed E-state index contributed by atoms with van der Waals surface area (Å²) >= 11 is 0. The van der Waals surface area contributed by atoms with Gasteiger partial charge >= 0.3 is 0 Å². The minimum Gasteiger partial charge on any atom is -0.298 e. The molecule has 1 radical (unpaired) electrons. The van der Waals surface area contributed by atoms with Crippen molar-refractivity contribution in [3.8, 4) is 0 Å². The maximum Gasteiger partial charge on any atom is 0.134 e. The van der Waals surface area contributed by atoms with Crippen LogP contribution in [-0.2, 0) is 0 Å². The number of hydrogen-bond donors (Lipinski definition) is 0. The third-order valence-electron chi connectivity index (χ3n) is 1.72. The second-order valence-electron chi connectivity index (χ2n) is 3.63. The normalized spacial score (nSPS) is 11.2. The smallest absolute Gasteiger partial charge is 0.134 e. The SMILES string of the molecule is C[N+](C)(C)c1cccc(N=[N])c1. The van der Waals surface area contributed by atoms with E-state index in [9.17, 15) is 0 Å². The summed E-state index contributed by atoms with van der Waals surface area (Å²) in [4.78, 5) is 0. The van der Waals surface area contributed by atoms with Crippen molar-refractivity contribution in [3.63, 3.8) is 0 Å². The van der Waals surface area contributed by atoms with Gasteiger partial charge in [0.1, 0.15) is 5.69 Å². The Hall–Kier alpha value is -1.22. The van der Waals surface area contributed by atoms with E-state index in [4.69, 9.17) is 5.53 Å². The molecular formula is C9H13N3+. The van der Waals surface area contributed by atoms with Gasteiger partial charge in [-0.2, -0.15) is 0 Å². The van der Waals surface area contributed by atoms with E-state index in [1.807, 2.05) is 18.2 Å². The van der Waals surface area contributed by atoms with Crippen molar-refractivity contribution in [2.24, 2.45) is 5.11 Å². The lowest BCUT2D eigenvalue weighted by Gasteiger charge is -2.23. The predicted molar refractivity (Wildman–Crippen MR) is 50.2 cm³/mol. The Kier molecular flexibility index (Phi) is 2.24. The number of quaternary nitrogens is 1. The first-order chi connectivity index (χ1) is 5.54. The summed E-state index contributed by atoms with van der Waals surface area (Å²) in [5.74, 6) is 0. The lowest BCUT2D eigenvalue weighted by Crippen LogP contribution is -2.34. The van der Waals surface area contributed by atoms with Gasteiger partial charge in [0, 0.05) is 6.07 Å². The average Bonchev–Trinajstić information content (AvgIpc) is 2.03. The van der Waals surface area contributed by atoms with Crippen LogP contribution in [0.4, 0.5) is 11.4 Å². The number of rotatable bonds is 2. The number of hydrogen-bond acceptors (Lipinski definition) is 1. The highest BCUT2D eigenvalue weighted by molar-refractivity contribution is 5.51. The van der Waals surface area contributed by atoms with E-state index in [2.05, 4.69) is 26.3 Å². The zero-order valence-corrected chi connectivity index (χ0v) is 7.65. The third-order valence-corrected chi connectivity index (χ3v) is 1.72. The summed E-state index contributed by atoms with van der Waals surface area (Å²) in [5.41, 5.74) is 10.3. The van der Waals surface area contributed by atoms with Gasteiger partial charge in [0.2, 0.25) is 0 Å². The van der Waals surface area contributed by atoms with Crippen LogP contribution in [-0.4, -0.2) is 21.1 Å². The molecule has 0 aliphatic carbocycles. The summed E-state index contributed by atoms with van der Waals surface area (Å²) in [6.07, 6.45) is 0. The quantitative estimate of drug-likeness (QED) is 0.470. The van der Waals surface area contributed by atoms with E-state index < -0.39 is 0 Å². The van der Waals surface area contributed by atoms with E-state index in [-0.39, 0.29) is 0 Å². The van der Waals surface area contributed by atoms with Crippen LogP contribution in [0.5, 0.6) is 0 Å². The molecular weight excluding hydrogens is 150 g/mol. The van der Waals surface area contributed by atoms with E-state index in [0.29, 0.717) is 5.69 Å². The highest BCUT2D eigenvalue weighted by Crippen LogP contribution is 2.22. The molecule has 0 saturated heterocycles. The van der Waals surface area contributed by atoms with E-state index in [1.54, 1.807) is 6.07 Å². The molecule has 0 aliphatic rings. The fraction of sp³-hybridized carbons (Fsp3) is 0.333. The minimum absolute atomic E-state index is 0.598. The van der Waals surface area contributed by atoms with Gasteiger partial charge in [-0.1, -0.05) is 6.07 Å². The monoisotopic (exact) mass is 163 g/mol. The third kappa shape index (κ3) is 1.89. The fourth-order valence-electron chi connectivity index (χ4n) is 0.972. The molecule has 1 aromatic carbocycles. The Labute approximate surface area is 72.7 Å². The molecule has 0 N–H and O–H groups in total. The van der Waals surface area contributed by atoms with Gasteiger partial charge in [0.25, 0.3) is 0 Å². The van der Waals surface area contributed by atoms with Crippen molar-refractivity contribution in [2.45, 2.75) is 0 Å². The molecule has 0 aromatic heterocycles. The van der Waals surface area contributed by atoms with Crippen molar-refractivity contribution in [1.29, 1.82) is 0 Å². The second kappa shape index (κ2) is 3.03. The van der Waals surface area contributed by atoms with Gasteiger partial charge in [-0.05, 0) is 17.7 Å². The maximum absolute atomic E-state index is 8.55. The van der Waals surface area contributed by atoms with Crippen LogP contribution in [0.15, 0.2) is 29.4 Å². The van der Waals surface area contributed by atoms with Crippen LogP contribution < -0.4 is 10.0 Å². The molecule has 0 fully saturated rings. The van der Waals surface area contributed by atoms with Crippen LogP contribution in [0, 0.1) is 0 Å². The maximum atomic E-state index is 8.55.